The summed E-state index contributed by atoms with van der Waals surface area (Å²) in [4.78, 5) is 0. The molecular weight excluding hydrogens is 291 g/mol. The summed E-state index contributed by atoms with van der Waals surface area (Å²) >= 11 is 0. The predicted molar refractivity (Wildman–Crippen MR) is 73.5 cm³/mol. The van der Waals surface area contributed by atoms with Crippen LogP contribution in [-0.2, 0) is 17.2 Å². The van der Waals surface area contributed by atoms with Crippen LogP contribution in [0, 0.1) is 0 Å². The molecule has 0 fully saturated rings. The fourth-order valence-corrected chi connectivity index (χ4v) is 1.90. The Hall–Kier alpha value is -1.37. The summed E-state index contributed by atoms with van der Waals surface area (Å²) in [5.74, 6) is -0.324. The largest absolute Gasteiger partial charge is 0.495 e. The zero-order valence-corrected chi connectivity index (χ0v) is 12.4. The van der Waals surface area contributed by atoms with Crippen molar-refractivity contribution in [3.8, 4) is 5.75 Å². The molecule has 0 N–H and O–H groups in total. The molecule has 1 rings (SSSR count). The van der Waals surface area contributed by atoms with Gasteiger partial charge in [0, 0.05) is 11.8 Å². The van der Waals surface area contributed by atoms with Crippen molar-refractivity contribution in [1.29, 1.82) is 0 Å². The molecule has 1 aromatic rings. The lowest BCUT2D eigenvalue weighted by atomic mass is 10.1. The van der Waals surface area contributed by atoms with Gasteiger partial charge in [0.25, 0.3) is 0 Å². The first-order chi connectivity index (χ1) is 9.07. The van der Waals surface area contributed by atoms with Crippen LogP contribution in [0.2, 0.25) is 0 Å². The van der Waals surface area contributed by atoms with Gasteiger partial charge >= 0.3 is 6.18 Å². The fraction of sp³-hybridized carbons (Fsp3) is 0.462. The summed E-state index contributed by atoms with van der Waals surface area (Å²) in [6.45, 7) is 5.18. The Balaban J connectivity index is 3.21. The zero-order valence-electron chi connectivity index (χ0n) is 11.6. The van der Waals surface area contributed by atoms with Crippen LogP contribution in [0.15, 0.2) is 22.6 Å². The molecule has 7 heteroatoms. The van der Waals surface area contributed by atoms with E-state index < -0.39 is 27.5 Å². The molecule has 0 bridgehead atoms. The average molecular weight is 307 g/mol. The van der Waals surface area contributed by atoms with E-state index in [9.17, 15) is 17.4 Å². The molecule has 0 amide bonds. The van der Waals surface area contributed by atoms with E-state index in [4.69, 9.17) is 4.74 Å². The first-order valence-electron chi connectivity index (χ1n) is 5.77. The Morgan fingerprint density at radius 2 is 1.85 bits per heavy atom. The molecule has 0 aliphatic carbocycles. The van der Waals surface area contributed by atoms with Gasteiger partial charge in [0.05, 0.1) is 17.4 Å². The van der Waals surface area contributed by atoms with E-state index in [1.54, 1.807) is 20.8 Å². The van der Waals surface area contributed by atoms with Crippen LogP contribution in [0.25, 0.3) is 0 Å². The van der Waals surface area contributed by atoms with Gasteiger partial charge in [-0.15, -0.1) is 0 Å². The number of nitrogens with zero attached hydrogens (tertiary/aromatic N) is 1. The molecule has 1 atom stereocenters. The number of ether oxygens (including phenoxy) is 1. The van der Waals surface area contributed by atoms with Crippen molar-refractivity contribution in [2.75, 3.05) is 7.11 Å². The van der Waals surface area contributed by atoms with E-state index in [1.165, 1.54) is 12.1 Å². The number of halogens is 3. The fourth-order valence-electron chi connectivity index (χ4n) is 1.37. The van der Waals surface area contributed by atoms with Crippen LogP contribution in [-0.4, -0.2) is 22.3 Å². The molecule has 0 saturated heterocycles. The van der Waals surface area contributed by atoms with Gasteiger partial charge in [0.1, 0.15) is 16.7 Å². The third-order valence-electron chi connectivity index (χ3n) is 2.37. The van der Waals surface area contributed by atoms with Crippen molar-refractivity contribution >= 4 is 17.2 Å². The van der Waals surface area contributed by atoms with Gasteiger partial charge in [-0.25, -0.2) is 4.21 Å². The Bertz CT molecular complexity index is 533. The molecule has 0 aromatic heterocycles. The van der Waals surface area contributed by atoms with Crippen LogP contribution in [0.5, 0.6) is 5.75 Å². The summed E-state index contributed by atoms with van der Waals surface area (Å²) in [5.41, 5.74) is -0.745. The second-order valence-corrected chi connectivity index (χ2v) is 6.96. The van der Waals surface area contributed by atoms with Gasteiger partial charge in [-0.3, -0.25) is 0 Å². The Labute approximate surface area is 118 Å². The van der Waals surface area contributed by atoms with Crippen LogP contribution >= 0.6 is 0 Å². The van der Waals surface area contributed by atoms with E-state index in [2.05, 4.69) is 4.40 Å². The van der Waals surface area contributed by atoms with E-state index in [0.717, 1.165) is 19.4 Å². The topological polar surface area (TPSA) is 38.7 Å². The van der Waals surface area contributed by atoms with Gasteiger partial charge in [0.2, 0.25) is 0 Å². The number of rotatable bonds is 3. The highest BCUT2D eigenvalue weighted by molar-refractivity contribution is 7.85. The molecule has 0 heterocycles. The third-order valence-corrected chi connectivity index (χ3v) is 3.71. The van der Waals surface area contributed by atoms with Crippen molar-refractivity contribution in [1.82, 2.24) is 0 Å². The van der Waals surface area contributed by atoms with Crippen LogP contribution in [0.3, 0.4) is 0 Å². The van der Waals surface area contributed by atoms with E-state index in [1.807, 2.05) is 0 Å². The van der Waals surface area contributed by atoms with Gasteiger partial charge < -0.3 is 4.74 Å². The van der Waals surface area contributed by atoms with Gasteiger partial charge in [-0.2, -0.15) is 17.6 Å². The second kappa shape index (κ2) is 5.95. The molecule has 0 saturated carbocycles. The number of para-hydroxylation sites is 1. The van der Waals surface area contributed by atoms with E-state index >= 15 is 0 Å². The van der Waals surface area contributed by atoms with Crippen LogP contribution in [0.4, 0.5) is 13.2 Å². The Kier molecular flexibility index (Phi) is 4.96. The van der Waals surface area contributed by atoms with Crippen molar-refractivity contribution in [2.24, 2.45) is 4.40 Å². The van der Waals surface area contributed by atoms with Gasteiger partial charge in [-0.05, 0) is 32.9 Å². The average Bonchev–Trinajstić information content (AvgIpc) is 2.32. The summed E-state index contributed by atoms with van der Waals surface area (Å²) in [5, 5.41) is 0. The smallest absolute Gasteiger partial charge is 0.419 e. The minimum atomic E-state index is -4.52. The molecular formula is C13H16F3NO2S. The van der Waals surface area contributed by atoms with Crippen molar-refractivity contribution in [2.45, 2.75) is 31.7 Å². The number of benzene rings is 1. The summed E-state index contributed by atoms with van der Waals surface area (Å²) < 4.78 is 58.3. The van der Waals surface area contributed by atoms with E-state index in [-0.39, 0.29) is 11.3 Å². The molecule has 0 unspecified atom stereocenters. The minimum Gasteiger partial charge on any atom is -0.495 e. The quantitative estimate of drug-likeness (QED) is 0.800. The SMILES string of the molecule is COc1c(C=N[S@](=O)C(C)(C)C)cccc1C(F)(F)F. The number of hydrogen-bond acceptors (Lipinski definition) is 2. The second-order valence-electron chi connectivity index (χ2n) is 5.02. The Morgan fingerprint density at radius 3 is 2.30 bits per heavy atom. The van der Waals surface area contributed by atoms with E-state index in [0.29, 0.717) is 0 Å². The predicted octanol–water partition coefficient (Wildman–Crippen LogP) is 3.60. The third kappa shape index (κ3) is 4.06. The van der Waals surface area contributed by atoms with Crippen LogP contribution < -0.4 is 4.74 Å². The highest BCUT2D eigenvalue weighted by Gasteiger charge is 2.35. The maximum absolute atomic E-state index is 12.8. The van der Waals surface area contributed by atoms with Crippen LogP contribution in [0.1, 0.15) is 31.9 Å². The number of hydrogen-bond donors (Lipinski definition) is 0. The Morgan fingerprint density at radius 1 is 1.25 bits per heavy atom. The van der Waals surface area contributed by atoms with Gasteiger partial charge in [0.15, 0.2) is 0 Å². The molecule has 0 aliphatic rings. The van der Waals surface area contributed by atoms with Crippen molar-refractivity contribution in [3.05, 3.63) is 29.3 Å². The highest BCUT2D eigenvalue weighted by Crippen LogP contribution is 2.37. The van der Waals surface area contributed by atoms with Gasteiger partial charge in [-0.1, -0.05) is 6.07 Å². The van der Waals surface area contributed by atoms with Crippen molar-refractivity contribution in [3.63, 3.8) is 0 Å². The molecule has 0 radical (unpaired) electrons. The lowest BCUT2D eigenvalue weighted by Gasteiger charge is -2.15. The normalized spacial score (nSPS) is 14.6. The number of alkyl halides is 3. The highest BCUT2D eigenvalue weighted by atomic mass is 32.2. The minimum absolute atomic E-state index is 0.139. The monoisotopic (exact) mass is 307 g/mol. The molecule has 1 aromatic carbocycles. The summed E-state index contributed by atoms with van der Waals surface area (Å²) in [6, 6.07) is 3.61. The molecule has 3 nitrogen and oxygen atoms in total. The number of methoxy groups -OCH3 is 1. The van der Waals surface area contributed by atoms with Crippen molar-refractivity contribution < 1.29 is 22.1 Å². The zero-order chi connectivity index (χ0) is 15.6. The lowest BCUT2D eigenvalue weighted by Crippen LogP contribution is -2.19. The molecule has 112 valence electrons. The first kappa shape index (κ1) is 16.7. The summed E-state index contributed by atoms with van der Waals surface area (Å²) in [6.07, 6.45) is -3.37. The summed E-state index contributed by atoms with van der Waals surface area (Å²) in [7, 11) is -0.388. The molecule has 0 spiro atoms. The first-order valence-corrected chi connectivity index (χ1v) is 6.88. The maximum atomic E-state index is 12.8. The lowest BCUT2D eigenvalue weighted by molar-refractivity contribution is -0.138. The maximum Gasteiger partial charge on any atom is 0.419 e. The standard InChI is InChI=1S/C13H16F3NO2S/c1-12(2,3)20(18)17-8-9-6-5-7-10(11(9)19-4)13(14,15)16/h5-8H,1-4H3/t20-/m1/s1. The molecule has 0 aliphatic heterocycles. The molecule has 20 heavy (non-hydrogen) atoms.